The third-order valence-corrected chi connectivity index (χ3v) is 2.69. The largest absolute Gasteiger partial charge is 0.333 e. The Kier molecular flexibility index (Phi) is 4.87. The second-order valence-electron chi connectivity index (χ2n) is 4.25. The maximum absolute atomic E-state index is 12.7. The first-order valence-electron chi connectivity index (χ1n) is 6.29. The van der Waals surface area contributed by atoms with E-state index in [1.54, 1.807) is 0 Å². The number of hydrazine groups is 1. The molecule has 0 unspecified atom stereocenters. The number of hydrogen-bond acceptors (Lipinski definition) is 2. The highest BCUT2D eigenvalue weighted by Gasteiger charge is 2.06. The first-order valence-corrected chi connectivity index (χ1v) is 6.29. The number of benzene rings is 2. The van der Waals surface area contributed by atoms with Gasteiger partial charge in [-0.3, -0.25) is 10.2 Å². The van der Waals surface area contributed by atoms with Gasteiger partial charge in [-0.1, -0.05) is 30.3 Å². The van der Waals surface area contributed by atoms with E-state index in [0.717, 1.165) is 5.56 Å². The van der Waals surface area contributed by atoms with E-state index in [2.05, 4.69) is 16.2 Å². The zero-order valence-corrected chi connectivity index (χ0v) is 11.1. The maximum Gasteiger partial charge on any atom is 0.333 e. The summed E-state index contributed by atoms with van der Waals surface area (Å²) in [7, 11) is 0. The predicted octanol–water partition coefficient (Wildman–Crippen LogP) is 1.97. The van der Waals surface area contributed by atoms with Crippen LogP contribution in [0, 0.1) is 5.82 Å². The van der Waals surface area contributed by atoms with Gasteiger partial charge in [0, 0.05) is 12.1 Å². The summed E-state index contributed by atoms with van der Waals surface area (Å²) in [5, 5.41) is 2.59. The Balaban J connectivity index is 1.76. The standard InChI is InChI=1S/C15H14FN3O2/c16-13-8-6-12(7-9-13)14(20)18-19-15(21)17-10-11-4-2-1-3-5-11/h1-9H,10H2,(H,18,20)(H2,17,19,21). The van der Waals surface area contributed by atoms with E-state index >= 15 is 0 Å². The monoisotopic (exact) mass is 287 g/mol. The Morgan fingerprint density at radius 3 is 2.24 bits per heavy atom. The summed E-state index contributed by atoms with van der Waals surface area (Å²) in [6, 6.07) is 13.8. The van der Waals surface area contributed by atoms with Crippen molar-refractivity contribution in [3.63, 3.8) is 0 Å². The average molecular weight is 287 g/mol. The van der Waals surface area contributed by atoms with Gasteiger partial charge in [0.25, 0.3) is 5.91 Å². The molecule has 2 rings (SSSR count). The minimum atomic E-state index is -0.533. The molecular weight excluding hydrogens is 273 g/mol. The van der Waals surface area contributed by atoms with Crippen molar-refractivity contribution in [1.29, 1.82) is 0 Å². The van der Waals surface area contributed by atoms with Crippen molar-refractivity contribution in [2.75, 3.05) is 0 Å². The fourth-order valence-electron chi connectivity index (χ4n) is 1.61. The molecule has 0 bridgehead atoms. The van der Waals surface area contributed by atoms with Crippen LogP contribution in [-0.4, -0.2) is 11.9 Å². The van der Waals surface area contributed by atoms with Gasteiger partial charge in [0.05, 0.1) is 0 Å². The lowest BCUT2D eigenvalue weighted by atomic mass is 10.2. The van der Waals surface area contributed by atoms with E-state index in [4.69, 9.17) is 0 Å². The topological polar surface area (TPSA) is 70.2 Å². The fraction of sp³-hybridized carbons (Fsp3) is 0.0667. The zero-order valence-electron chi connectivity index (χ0n) is 11.1. The molecule has 0 aromatic heterocycles. The lowest BCUT2D eigenvalue weighted by Crippen LogP contribution is -2.46. The molecule has 0 aliphatic carbocycles. The number of carbonyl (C=O) groups excluding carboxylic acids is 2. The van der Waals surface area contributed by atoms with Crippen LogP contribution >= 0.6 is 0 Å². The Bertz CT molecular complexity index is 615. The highest BCUT2D eigenvalue weighted by atomic mass is 19.1. The Labute approximate surface area is 121 Å². The summed E-state index contributed by atoms with van der Waals surface area (Å²) in [5.74, 6) is -0.954. The first kappa shape index (κ1) is 14.5. The van der Waals surface area contributed by atoms with Crippen LogP contribution in [0.15, 0.2) is 54.6 Å². The van der Waals surface area contributed by atoms with Crippen molar-refractivity contribution in [3.8, 4) is 0 Å². The number of hydrogen-bond donors (Lipinski definition) is 3. The molecule has 0 atom stereocenters. The maximum atomic E-state index is 12.7. The molecule has 108 valence electrons. The van der Waals surface area contributed by atoms with E-state index < -0.39 is 17.8 Å². The fourth-order valence-corrected chi connectivity index (χ4v) is 1.61. The molecule has 0 saturated carbocycles. The molecule has 3 amide bonds. The van der Waals surface area contributed by atoms with Crippen molar-refractivity contribution < 1.29 is 14.0 Å². The van der Waals surface area contributed by atoms with Crippen LogP contribution in [0.5, 0.6) is 0 Å². The summed E-state index contributed by atoms with van der Waals surface area (Å²) in [5.41, 5.74) is 5.65. The van der Waals surface area contributed by atoms with E-state index in [1.807, 2.05) is 30.3 Å². The molecule has 0 heterocycles. The van der Waals surface area contributed by atoms with Crippen LogP contribution in [0.4, 0.5) is 9.18 Å². The van der Waals surface area contributed by atoms with Gasteiger partial charge in [-0.2, -0.15) is 0 Å². The van der Waals surface area contributed by atoms with Crippen LogP contribution in [-0.2, 0) is 6.54 Å². The van der Waals surface area contributed by atoms with Crippen LogP contribution in [0.3, 0.4) is 0 Å². The molecule has 0 aliphatic heterocycles. The minimum Gasteiger partial charge on any atom is -0.333 e. The number of halogens is 1. The van der Waals surface area contributed by atoms with Crippen LogP contribution in [0.25, 0.3) is 0 Å². The SMILES string of the molecule is O=C(NCc1ccccc1)NNC(=O)c1ccc(F)cc1. The second kappa shape index (κ2) is 7.04. The van der Waals surface area contributed by atoms with Gasteiger partial charge in [0.15, 0.2) is 0 Å². The van der Waals surface area contributed by atoms with Crippen LogP contribution in [0.1, 0.15) is 15.9 Å². The van der Waals surface area contributed by atoms with Gasteiger partial charge in [-0.25, -0.2) is 14.6 Å². The average Bonchev–Trinajstić information content (AvgIpc) is 2.52. The number of nitrogens with one attached hydrogen (secondary N) is 3. The lowest BCUT2D eigenvalue weighted by molar-refractivity contribution is 0.0936. The Morgan fingerprint density at radius 1 is 0.905 bits per heavy atom. The minimum absolute atomic E-state index is 0.250. The highest BCUT2D eigenvalue weighted by molar-refractivity contribution is 5.95. The smallest absolute Gasteiger partial charge is 0.333 e. The van der Waals surface area contributed by atoms with E-state index in [-0.39, 0.29) is 5.56 Å². The predicted molar refractivity (Wildman–Crippen MR) is 75.7 cm³/mol. The van der Waals surface area contributed by atoms with Gasteiger partial charge in [0.1, 0.15) is 5.82 Å². The molecule has 3 N–H and O–H groups in total. The summed E-state index contributed by atoms with van der Waals surface area (Å²) in [4.78, 5) is 23.2. The Hall–Kier alpha value is -2.89. The molecule has 2 aromatic carbocycles. The molecule has 0 aliphatic rings. The van der Waals surface area contributed by atoms with Crippen molar-refractivity contribution in [2.45, 2.75) is 6.54 Å². The molecule has 6 heteroatoms. The van der Waals surface area contributed by atoms with E-state index in [9.17, 15) is 14.0 Å². The number of amides is 3. The molecular formula is C15H14FN3O2. The van der Waals surface area contributed by atoms with Gasteiger partial charge in [0.2, 0.25) is 0 Å². The third kappa shape index (κ3) is 4.61. The van der Waals surface area contributed by atoms with Crippen molar-refractivity contribution >= 4 is 11.9 Å². The summed E-state index contributed by atoms with van der Waals surface area (Å²) in [6.07, 6.45) is 0. The quantitative estimate of drug-likeness (QED) is 0.755. The molecule has 5 nitrogen and oxygen atoms in total. The van der Waals surface area contributed by atoms with Crippen molar-refractivity contribution in [3.05, 3.63) is 71.5 Å². The third-order valence-electron chi connectivity index (χ3n) is 2.69. The molecule has 0 radical (unpaired) electrons. The van der Waals surface area contributed by atoms with Crippen LogP contribution < -0.4 is 16.2 Å². The molecule has 0 saturated heterocycles. The van der Waals surface area contributed by atoms with Crippen molar-refractivity contribution in [1.82, 2.24) is 16.2 Å². The summed E-state index contributed by atoms with van der Waals surface area (Å²) < 4.78 is 12.7. The van der Waals surface area contributed by atoms with E-state index in [0.29, 0.717) is 6.54 Å². The number of urea groups is 1. The number of carbonyl (C=O) groups is 2. The first-order chi connectivity index (χ1) is 10.1. The molecule has 0 fully saturated rings. The normalized spacial score (nSPS) is 9.76. The second-order valence-corrected chi connectivity index (χ2v) is 4.25. The summed E-state index contributed by atoms with van der Waals surface area (Å²) >= 11 is 0. The summed E-state index contributed by atoms with van der Waals surface area (Å²) in [6.45, 7) is 0.346. The van der Waals surface area contributed by atoms with Gasteiger partial charge in [-0.15, -0.1) is 0 Å². The number of rotatable bonds is 3. The van der Waals surface area contributed by atoms with E-state index in [1.165, 1.54) is 24.3 Å². The van der Waals surface area contributed by atoms with Gasteiger partial charge in [-0.05, 0) is 29.8 Å². The Morgan fingerprint density at radius 2 is 1.57 bits per heavy atom. The lowest BCUT2D eigenvalue weighted by Gasteiger charge is -2.09. The molecule has 2 aromatic rings. The highest BCUT2D eigenvalue weighted by Crippen LogP contribution is 2.01. The zero-order chi connectivity index (χ0) is 15.1. The van der Waals surface area contributed by atoms with Crippen LogP contribution in [0.2, 0.25) is 0 Å². The van der Waals surface area contributed by atoms with Crippen molar-refractivity contribution in [2.24, 2.45) is 0 Å². The van der Waals surface area contributed by atoms with Gasteiger partial charge < -0.3 is 5.32 Å². The van der Waals surface area contributed by atoms with Gasteiger partial charge >= 0.3 is 6.03 Å². The molecule has 21 heavy (non-hydrogen) atoms. The molecule has 0 spiro atoms.